The van der Waals surface area contributed by atoms with Gasteiger partial charge in [-0.2, -0.15) is 9.47 Å². The van der Waals surface area contributed by atoms with Gasteiger partial charge in [0.1, 0.15) is 12.4 Å². The number of nitrogens with one attached hydrogen (secondary N) is 1. The summed E-state index contributed by atoms with van der Waals surface area (Å²) in [5.74, 6) is 1.38. The molecule has 1 fully saturated rings. The van der Waals surface area contributed by atoms with Gasteiger partial charge in [-0.15, -0.1) is 0 Å². The van der Waals surface area contributed by atoms with Gasteiger partial charge in [0.15, 0.2) is 0 Å². The lowest BCUT2D eigenvalue weighted by Crippen LogP contribution is -2.18. The first-order valence-electron chi connectivity index (χ1n) is 5.99. The quantitative estimate of drug-likeness (QED) is 0.916. The molecule has 1 saturated carbocycles. The van der Waals surface area contributed by atoms with Crippen LogP contribution in [-0.4, -0.2) is 25.0 Å². The number of carbonyl (C=O) groups excluding carboxylic acids is 1. The molecule has 0 aromatic carbocycles. The average molecular weight is 298 g/mol. The van der Waals surface area contributed by atoms with Gasteiger partial charge in [0.2, 0.25) is 11.0 Å². The molecule has 6 nitrogen and oxygen atoms in total. The van der Waals surface area contributed by atoms with E-state index in [0.29, 0.717) is 10.2 Å². The summed E-state index contributed by atoms with van der Waals surface area (Å²) in [6.07, 6.45) is 6.54. The Hall–Kier alpha value is -1.47. The summed E-state index contributed by atoms with van der Waals surface area (Å²) in [6, 6.07) is 0. The summed E-state index contributed by atoms with van der Waals surface area (Å²) >= 11 is 6.94. The zero-order valence-corrected chi connectivity index (χ0v) is 11.6. The van der Waals surface area contributed by atoms with Crippen LogP contribution in [0.25, 0.3) is 0 Å². The number of anilines is 1. The molecule has 2 aromatic rings. The van der Waals surface area contributed by atoms with Crippen LogP contribution in [0.1, 0.15) is 18.7 Å². The predicted octanol–water partition coefficient (Wildman–Crippen LogP) is 1.98. The molecule has 0 unspecified atom stereocenters. The second-order valence-corrected chi connectivity index (χ2v) is 5.76. The maximum atomic E-state index is 11.8. The Morgan fingerprint density at radius 3 is 3.11 bits per heavy atom. The molecule has 1 amide bonds. The fourth-order valence-corrected chi connectivity index (χ4v) is 2.47. The van der Waals surface area contributed by atoms with Crippen molar-refractivity contribution in [2.24, 2.45) is 5.92 Å². The highest BCUT2D eigenvalue weighted by Crippen LogP contribution is 2.32. The van der Waals surface area contributed by atoms with E-state index in [4.69, 9.17) is 11.6 Å². The normalized spacial score (nSPS) is 14.6. The Balaban J connectivity index is 1.54. The van der Waals surface area contributed by atoms with Crippen LogP contribution in [0.3, 0.4) is 0 Å². The van der Waals surface area contributed by atoms with E-state index in [1.165, 1.54) is 35.3 Å². The number of nitrogens with zero attached hydrogens (tertiary/aromatic N) is 4. The predicted molar refractivity (Wildman–Crippen MR) is 72.2 cm³/mol. The molecular formula is C11H12ClN5OS. The van der Waals surface area contributed by atoms with E-state index in [1.807, 2.05) is 0 Å². The van der Waals surface area contributed by atoms with Crippen LogP contribution >= 0.6 is 23.1 Å². The molecule has 0 atom stereocenters. The number of rotatable bonds is 5. The lowest BCUT2D eigenvalue weighted by molar-refractivity contribution is -0.116. The lowest BCUT2D eigenvalue weighted by Gasteiger charge is -2.00. The molecule has 0 spiro atoms. The van der Waals surface area contributed by atoms with Gasteiger partial charge >= 0.3 is 0 Å². The smallest absolute Gasteiger partial charge is 0.247 e. The number of halogens is 1. The third-order valence-corrected chi connectivity index (χ3v) is 3.65. The zero-order chi connectivity index (χ0) is 13.2. The van der Waals surface area contributed by atoms with Crippen LogP contribution in [-0.2, 0) is 17.8 Å². The van der Waals surface area contributed by atoms with Gasteiger partial charge in [-0.25, -0.2) is 4.98 Å². The van der Waals surface area contributed by atoms with Gasteiger partial charge in [0.25, 0.3) is 0 Å². The van der Waals surface area contributed by atoms with Crippen molar-refractivity contribution in [3.05, 3.63) is 23.2 Å². The summed E-state index contributed by atoms with van der Waals surface area (Å²) in [4.78, 5) is 16.1. The van der Waals surface area contributed by atoms with Crippen LogP contribution in [0.2, 0.25) is 5.02 Å². The molecular weight excluding hydrogens is 286 g/mol. The highest BCUT2D eigenvalue weighted by atomic mass is 35.5. The topological polar surface area (TPSA) is 72.7 Å². The fraction of sp³-hybridized carbons (Fsp3) is 0.455. The van der Waals surface area contributed by atoms with E-state index in [0.717, 1.165) is 18.2 Å². The first-order valence-corrected chi connectivity index (χ1v) is 7.14. The molecule has 0 aliphatic heterocycles. The number of aromatic nitrogens is 4. The standard InChI is InChI=1S/C11H12ClN5OS/c12-8-4-13-17(5-8)6-10(18)15-11-14-9(16-19-11)3-7-1-2-7/h4-5,7H,1-3,6H2,(H,14,15,16,18). The van der Waals surface area contributed by atoms with Crippen molar-refractivity contribution in [3.63, 3.8) is 0 Å². The van der Waals surface area contributed by atoms with Crippen LogP contribution in [0.15, 0.2) is 12.4 Å². The molecule has 2 aromatic heterocycles. The lowest BCUT2D eigenvalue weighted by atomic mass is 10.3. The largest absolute Gasteiger partial charge is 0.299 e. The van der Waals surface area contributed by atoms with Gasteiger partial charge in [-0.05, 0) is 18.8 Å². The van der Waals surface area contributed by atoms with Gasteiger partial charge in [0.05, 0.1) is 11.2 Å². The maximum absolute atomic E-state index is 11.8. The van der Waals surface area contributed by atoms with Crippen molar-refractivity contribution in [3.8, 4) is 0 Å². The highest BCUT2D eigenvalue weighted by molar-refractivity contribution is 7.09. The second kappa shape index (κ2) is 5.26. The van der Waals surface area contributed by atoms with Gasteiger partial charge in [0, 0.05) is 24.2 Å². The van der Waals surface area contributed by atoms with Gasteiger partial charge in [-0.3, -0.25) is 14.8 Å². The molecule has 1 aliphatic rings. The van der Waals surface area contributed by atoms with Crippen molar-refractivity contribution in [1.29, 1.82) is 0 Å². The maximum Gasteiger partial charge on any atom is 0.247 e. The summed E-state index contributed by atoms with van der Waals surface area (Å²) < 4.78 is 5.71. The summed E-state index contributed by atoms with van der Waals surface area (Å²) in [5.41, 5.74) is 0. The Morgan fingerprint density at radius 2 is 2.42 bits per heavy atom. The minimum Gasteiger partial charge on any atom is -0.299 e. The van der Waals surface area contributed by atoms with Crippen molar-refractivity contribution in [2.75, 3.05) is 5.32 Å². The van der Waals surface area contributed by atoms with Crippen LogP contribution in [0.4, 0.5) is 5.13 Å². The van der Waals surface area contributed by atoms with E-state index in [2.05, 4.69) is 19.8 Å². The average Bonchev–Trinajstić information content (AvgIpc) is 2.91. The zero-order valence-electron chi connectivity index (χ0n) is 10.0. The molecule has 2 heterocycles. The minimum absolute atomic E-state index is 0.115. The Labute approximate surface area is 119 Å². The molecule has 19 heavy (non-hydrogen) atoms. The number of hydrogen-bond donors (Lipinski definition) is 1. The number of hydrogen-bond acceptors (Lipinski definition) is 5. The summed E-state index contributed by atoms with van der Waals surface area (Å²) in [7, 11) is 0. The van der Waals surface area contributed by atoms with Gasteiger partial charge in [-0.1, -0.05) is 11.6 Å². The Bertz CT molecular complexity index is 591. The summed E-state index contributed by atoms with van der Waals surface area (Å²) in [5, 5.41) is 7.71. The molecule has 0 radical (unpaired) electrons. The number of amides is 1. The first-order chi connectivity index (χ1) is 9.19. The van der Waals surface area contributed by atoms with E-state index in [-0.39, 0.29) is 12.5 Å². The van der Waals surface area contributed by atoms with Crippen molar-refractivity contribution in [1.82, 2.24) is 19.1 Å². The highest BCUT2D eigenvalue weighted by Gasteiger charge is 2.23. The van der Waals surface area contributed by atoms with Crippen molar-refractivity contribution in [2.45, 2.75) is 25.8 Å². The third kappa shape index (κ3) is 3.51. The van der Waals surface area contributed by atoms with Crippen LogP contribution in [0.5, 0.6) is 0 Å². The van der Waals surface area contributed by atoms with Gasteiger partial charge < -0.3 is 0 Å². The Morgan fingerprint density at radius 1 is 1.58 bits per heavy atom. The molecule has 8 heteroatoms. The van der Waals surface area contributed by atoms with Crippen LogP contribution < -0.4 is 5.32 Å². The molecule has 3 rings (SSSR count). The molecule has 1 N–H and O–H groups in total. The monoisotopic (exact) mass is 297 g/mol. The second-order valence-electron chi connectivity index (χ2n) is 4.57. The first kappa shape index (κ1) is 12.6. The molecule has 0 bridgehead atoms. The number of carbonyl (C=O) groups is 1. The van der Waals surface area contributed by atoms with E-state index < -0.39 is 0 Å². The molecule has 100 valence electrons. The minimum atomic E-state index is -0.186. The summed E-state index contributed by atoms with van der Waals surface area (Å²) in [6.45, 7) is 0.115. The van der Waals surface area contributed by atoms with E-state index in [1.54, 1.807) is 6.20 Å². The van der Waals surface area contributed by atoms with E-state index >= 15 is 0 Å². The molecule has 0 saturated heterocycles. The SMILES string of the molecule is O=C(Cn1cc(Cl)cn1)Nc1nc(CC2CC2)ns1. The Kier molecular flexibility index (Phi) is 3.48. The molecule has 1 aliphatic carbocycles. The van der Waals surface area contributed by atoms with Crippen molar-refractivity contribution >= 4 is 34.2 Å². The fourth-order valence-electron chi connectivity index (χ4n) is 1.70. The third-order valence-electron chi connectivity index (χ3n) is 2.79. The van der Waals surface area contributed by atoms with E-state index in [9.17, 15) is 4.79 Å². The van der Waals surface area contributed by atoms with Crippen molar-refractivity contribution < 1.29 is 4.79 Å². The van der Waals surface area contributed by atoms with Crippen LogP contribution in [0, 0.1) is 5.92 Å².